The summed E-state index contributed by atoms with van der Waals surface area (Å²) in [5.41, 5.74) is 10.4. The Balaban J connectivity index is 1.54. The maximum atomic E-state index is 11.2. The fraction of sp³-hybridized carbons (Fsp3) is 0.208. The third-order valence-corrected chi connectivity index (χ3v) is 5.53. The molecule has 1 aliphatic heterocycles. The maximum absolute atomic E-state index is 11.2. The Morgan fingerprint density at radius 3 is 1.86 bits per heavy atom. The number of aromatic carboxylic acids is 1. The lowest BCUT2D eigenvalue weighted by Gasteiger charge is -2.41. The number of nitrogen functional groups attached to an aromatic ring is 1. The van der Waals surface area contributed by atoms with Gasteiger partial charge < -0.3 is 15.7 Å². The van der Waals surface area contributed by atoms with Gasteiger partial charge in [0.1, 0.15) is 0 Å². The Morgan fingerprint density at radius 2 is 1.38 bits per heavy atom. The van der Waals surface area contributed by atoms with Gasteiger partial charge >= 0.3 is 5.97 Å². The van der Waals surface area contributed by atoms with Crippen LogP contribution < -0.4 is 10.6 Å². The molecule has 3 aromatic carbocycles. The molecule has 1 fully saturated rings. The maximum Gasteiger partial charge on any atom is 0.335 e. The summed E-state index contributed by atoms with van der Waals surface area (Å²) in [6.45, 7) is 3.47. The van der Waals surface area contributed by atoms with E-state index in [1.54, 1.807) is 12.1 Å². The van der Waals surface area contributed by atoms with Gasteiger partial charge in [-0.3, -0.25) is 4.90 Å². The Kier molecular flexibility index (Phi) is 5.49. The van der Waals surface area contributed by atoms with Crippen LogP contribution in [0.3, 0.4) is 0 Å². The summed E-state index contributed by atoms with van der Waals surface area (Å²) in [5, 5.41) is 9.15. The zero-order chi connectivity index (χ0) is 20.2. The van der Waals surface area contributed by atoms with Gasteiger partial charge in [0.15, 0.2) is 0 Å². The van der Waals surface area contributed by atoms with Crippen LogP contribution in [0.25, 0.3) is 0 Å². The molecule has 29 heavy (non-hydrogen) atoms. The first kappa shape index (κ1) is 19.0. The van der Waals surface area contributed by atoms with E-state index in [-0.39, 0.29) is 11.6 Å². The van der Waals surface area contributed by atoms with E-state index in [1.807, 2.05) is 18.2 Å². The van der Waals surface area contributed by atoms with Crippen LogP contribution in [0.15, 0.2) is 78.9 Å². The number of hydrogen-bond acceptors (Lipinski definition) is 4. The van der Waals surface area contributed by atoms with Crippen molar-refractivity contribution in [3.8, 4) is 0 Å². The Labute approximate surface area is 171 Å². The molecule has 5 nitrogen and oxygen atoms in total. The van der Waals surface area contributed by atoms with Gasteiger partial charge in [0, 0.05) is 26.2 Å². The predicted octanol–water partition coefficient (Wildman–Crippen LogP) is 3.88. The number of carboxylic acid groups (broad SMARTS) is 1. The highest BCUT2D eigenvalue weighted by Gasteiger charge is 2.27. The van der Waals surface area contributed by atoms with Crippen molar-refractivity contribution < 1.29 is 9.90 Å². The number of piperazine rings is 1. The first-order valence-corrected chi connectivity index (χ1v) is 9.85. The lowest BCUT2D eigenvalue weighted by atomic mass is 9.96. The Morgan fingerprint density at radius 1 is 0.828 bits per heavy atom. The first-order chi connectivity index (χ1) is 14.1. The van der Waals surface area contributed by atoms with E-state index in [2.05, 4.69) is 58.3 Å². The molecule has 0 aliphatic carbocycles. The molecule has 0 atom stereocenters. The molecular formula is C24H25N3O2. The first-order valence-electron chi connectivity index (χ1n) is 9.85. The quantitative estimate of drug-likeness (QED) is 0.650. The summed E-state index contributed by atoms with van der Waals surface area (Å²) in [7, 11) is 0. The topological polar surface area (TPSA) is 69.8 Å². The summed E-state index contributed by atoms with van der Waals surface area (Å²) < 4.78 is 0. The minimum Gasteiger partial charge on any atom is -0.478 e. The van der Waals surface area contributed by atoms with Crippen molar-refractivity contribution in [2.45, 2.75) is 6.04 Å². The Hall–Kier alpha value is -3.31. The molecule has 0 radical (unpaired) electrons. The van der Waals surface area contributed by atoms with Crippen LogP contribution in [0, 0.1) is 0 Å². The van der Waals surface area contributed by atoms with Gasteiger partial charge in [-0.15, -0.1) is 0 Å². The molecular weight excluding hydrogens is 362 g/mol. The van der Waals surface area contributed by atoms with Gasteiger partial charge in [0.2, 0.25) is 0 Å². The van der Waals surface area contributed by atoms with Crippen molar-refractivity contribution in [1.82, 2.24) is 4.90 Å². The molecule has 1 saturated heterocycles. The second-order valence-electron chi connectivity index (χ2n) is 7.33. The second-order valence-corrected chi connectivity index (χ2v) is 7.33. The standard InChI is InChI=1S/C24H25N3O2/c25-21-17-20(24(28)29)11-12-22(21)26-13-15-27(16-14-26)23(18-7-3-1-4-8-18)19-9-5-2-6-10-19/h1-12,17,23H,13-16,25H2,(H,28,29). The van der Waals surface area contributed by atoms with E-state index in [0.29, 0.717) is 5.69 Å². The van der Waals surface area contributed by atoms with E-state index >= 15 is 0 Å². The summed E-state index contributed by atoms with van der Waals surface area (Å²) in [5.74, 6) is -0.957. The van der Waals surface area contributed by atoms with Crippen LogP contribution >= 0.6 is 0 Å². The highest BCUT2D eigenvalue weighted by atomic mass is 16.4. The molecule has 3 N–H and O–H groups in total. The van der Waals surface area contributed by atoms with Gasteiger partial charge in [-0.25, -0.2) is 4.79 Å². The Bertz CT molecular complexity index is 928. The molecule has 1 heterocycles. The minimum atomic E-state index is -0.957. The average Bonchev–Trinajstić information content (AvgIpc) is 2.76. The van der Waals surface area contributed by atoms with Crippen molar-refractivity contribution in [1.29, 1.82) is 0 Å². The fourth-order valence-electron chi connectivity index (χ4n) is 4.08. The van der Waals surface area contributed by atoms with Crippen LogP contribution in [0.4, 0.5) is 11.4 Å². The summed E-state index contributed by atoms with van der Waals surface area (Å²) >= 11 is 0. The number of rotatable bonds is 5. The monoisotopic (exact) mass is 387 g/mol. The lowest BCUT2D eigenvalue weighted by molar-refractivity contribution is 0.0697. The van der Waals surface area contributed by atoms with Gasteiger partial charge in [0.25, 0.3) is 0 Å². The van der Waals surface area contributed by atoms with Gasteiger partial charge in [-0.05, 0) is 29.3 Å². The lowest BCUT2D eigenvalue weighted by Crippen LogP contribution is -2.48. The average molecular weight is 387 g/mol. The molecule has 0 unspecified atom stereocenters. The zero-order valence-electron chi connectivity index (χ0n) is 16.2. The van der Waals surface area contributed by atoms with E-state index in [4.69, 9.17) is 10.8 Å². The van der Waals surface area contributed by atoms with Gasteiger partial charge in [-0.1, -0.05) is 60.7 Å². The van der Waals surface area contributed by atoms with Crippen LogP contribution in [0.5, 0.6) is 0 Å². The normalized spacial score (nSPS) is 14.9. The van der Waals surface area contributed by atoms with Crippen LogP contribution in [0.2, 0.25) is 0 Å². The molecule has 0 amide bonds. The fourth-order valence-corrected chi connectivity index (χ4v) is 4.08. The highest BCUT2D eigenvalue weighted by molar-refractivity contribution is 5.90. The minimum absolute atomic E-state index is 0.214. The second kappa shape index (κ2) is 8.37. The number of carbonyl (C=O) groups is 1. The zero-order valence-corrected chi connectivity index (χ0v) is 16.2. The van der Waals surface area contributed by atoms with E-state index < -0.39 is 5.97 Å². The van der Waals surface area contributed by atoms with E-state index in [1.165, 1.54) is 11.1 Å². The third-order valence-electron chi connectivity index (χ3n) is 5.53. The third kappa shape index (κ3) is 4.10. The number of hydrogen-bond donors (Lipinski definition) is 2. The number of anilines is 2. The van der Waals surface area contributed by atoms with Crippen molar-refractivity contribution in [2.75, 3.05) is 36.8 Å². The SMILES string of the molecule is Nc1cc(C(=O)O)ccc1N1CCN(C(c2ccccc2)c2ccccc2)CC1. The van der Waals surface area contributed by atoms with Crippen LogP contribution in [-0.4, -0.2) is 42.2 Å². The number of carboxylic acids is 1. The van der Waals surface area contributed by atoms with Crippen molar-refractivity contribution in [3.05, 3.63) is 95.6 Å². The molecule has 5 heteroatoms. The number of benzene rings is 3. The highest BCUT2D eigenvalue weighted by Crippen LogP contribution is 2.31. The van der Waals surface area contributed by atoms with Crippen LogP contribution in [0.1, 0.15) is 27.5 Å². The van der Waals surface area contributed by atoms with Crippen LogP contribution in [-0.2, 0) is 0 Å². The molecule has 4 rings (SSSR count). The molecule has 3 aromatic rings. The van der Waals surface area contributed by atoms with Crippen molar-refractivity contribution in [2.24, 2.45) is 0 Å². The van der Waals surface area contributed by atoms with Gasteiger partial charge in [0.05, 0.1) is 23.0 Å². The molecule has 0 spiro atoms. The molecule has 0 saturated carbocycles. The smallest absolute Gasteiger partial charge is 0.335 e. The largest absolute Gasteiger partial charge is 0.478 e. The summed E-state index contributed by atoms with van der Waals surface area (Å²) in [6, 6.07) is 26.4. The molecule has 148 valence electrons. The van der Waals surface area contributed by atoms with Crippen molar-refractivity contribution in [3.63, 3.8) is 0 Å². The van der Waals surface area contributed by atoms with E-state index in [9.17, 15) is 4.79 Å². The number of nitrogens with zero attached hydrogens (tertiary/aromatic N) is 2. The van der Waals surface area contributed by atoms with Gasteiger partial charge in [-0.2, -0.15) is 0 Å². The summed E-state index contributed by atoms with van der Waals surface area (Å²) in [6.07, 6.45) is 0. The number of nitrogens with two attached hydrogens (primary N) is 1. The summed E-state index contributed by atoms with van der Waals surface area (Å²) in [4.78, 5) is 15.9. The molecule has 0 aromatic heterocycles. The molecule has 1 aliphatic rings. The van der Waals surface area contributed by atoms with Crippen molar-refractivity contribution >= 4 is 17.3 Å². The predicted molar refractivity (Wildman–Crippen MR) is 116 cm³/mol. The molecule has 0 bridgehead atoms. The van der Waals surface area contributed by atoms with E-state index in [0.717, 1.165) is 31.9 Å².